The Kier molecular flexibility index (Phi) is 8.50. The molecule has 1 N–H and O–H groups in total. The zero-order valence-electron chi connectivity index (χ0n) is 20.2. The molecule has 35 heavy (non-hydrogen) atoms. The summed E-state index contributed by atoms with van der Waals surface area (Å²) in [5.41, 5.74) is 0.888. The van der Waals surface area contributed by atoms with E-state index in [2.05, 4.69) is 5.32 Å². The Bertz CT molecular complexity index is 1180. The maximum atomic E-state index is 13.4. The summed E-state index contributed by atoms with van der Waals surface area (Å²) in [5, 5.41) is 2.84. The van der Waals surface area contributed by atoms with Crippen LogP contribution in [0.3, 0.4) is 0 Å². The van der Waals surface area contributed by atoms with Crippen LogP contribution in [0, 0.1) is 0 Å². The van der Waals surface area contributed by atoms with E-state index in [0.717, 1.165) is 16.3 Å². The van der Waals surface area contributed by atoms with Gasteiger partial charge in [0.05, 0.1) is 12.7 Å². The molecule has 2 aromatic rings. The molecule has 3 amide bonds. The van der Waals surface area contributed by atoms with E-state index in [1.165, 1.54) is 17.0 Å². The van der Waals surface area contributed by atoms with Gasteiger partial charge in [-0.3, -0.25) is 14.4 Å². The largest absolute Gasteiger partial charge is 0.497 e. The fraction of sp³-hybridized carbons (Fsp3) is 0.400. The predicted molar refractivity (Wildman–Crippen MR) is 130 cm³/mol. The van der Waals surface area contributed by atoms with Crippen LogP contribution in [0.2, 0.25) is 0 Å². The van der Waals surface area contributed by atoms with Crippen molar-refractivity contribution in [3.8, 4) is 5.75 Å². The van der Waals surface area contributed by atoms with Crippen LogP contribution < -0.4 is 10.1 Å². The fourth-order valence-electron chi connectivity index (χ4n) is 4.01. The first kappa shape index (κ1) is 26.2. The lowest BCUT2D eigenvalue weighted by Gasteiger charge is -2.31. The number of sulfonamides is 1. The lowest BCUT2D eigenvalue weighted by atomic mass is 10.1. The number of ether oxygens (including phenoxy) is 1. The molecule has 9 nitrogen and oxygen atoms in total. The highest BCUT2D eigenvalue weighted by atomic mass is 32.2. The Morgan fingerprint density at radius 3 is 2.37 bits per heavy atom. The summed E-state index contributed by atoms with van der Waals surface area (Å²) in [6, 6.07) is 12.4. The maximum Gasteiger partial charge on any atom is 0.269 e. The highest BCUT2D eigenvalue weighted by Gasteiger charge is 2.41. The molecule has 1 atom stereocenters. The third kappa shape index (κ3) is 5.64. The van der Waals surface area contributed by atoms with Crippen molar-refractivity contribution in [1.82, 2.24) is 14.5 Å². The molecule has 0 saturated carbocycles. The smallest absolute Gasteiger partial charge is 0.269 e. The maximum absolute atomic E-state index is 13.4. The molecule has 0 bridgehead atoms. The normalized spacial score (nSPS) is 14.8. The summed E-state index contributed by atoms with van der Waals surface area (Å²) in [5.74, 6) is -0.675. The third-order valence-corrected chi connectivity index (χ3v) is 7.73. The van der Waals surface area contributed by atoms with Crippen molar-refractivity contribution in [2.45, 2.75) is 50.6 Å². The van der Waals surface area contributed by atoms with Crippen LogP contribution in [-0.4, -0.2) is 61.6 Å². The van der Waals surface area contributed by atoms with E-state index in [9.17, 15) is 22.8 Å². The molecule has 2 aromatic carbocycles. The number of carbonyl (C=O) groups is 3. The SMILES string of the molecule is CCCNC(=O)[C@@H](CC)N(Cc1ccc(OC)cc1)C(=O)CCN1C(=O)c2ccccc2S1(=O)=O. The van der Waals surface area contributed by atoms with Crippen molar-refractivity contribution in [3.05, 3.63) is 59.7 Å². The van der Waals surface area contributed by atoms with E-state index in [1.807, 2.05) is 13.8 Å². The van der Waals surface area contributed by atoms with Crippen LogP contribution in [0.1, 0.15) is 49.0 Å². The second-order valence-electron chi connectivity index (χ2n) is 8.21. The van der Waals surface area contributed by atoms with E-state index in [4.69, 9.17) is 4.74 Å². The number of rotatable bonds is 11. The minimum atomic E-state index is -4.02. The van der Waals surface area contributed by atoms with Crippen molar-refractivity contribution >= 4 is 27.7 Å². The Hall–Kier alpha value is -3.40. The molecule has 188 valence electrons. The van der Waals surface area contributed by atoms with E-state index in [0.29, 0.717) is 18.7 Å². The van der Waals surface area contributed by atoms with Gasteiger partial charge < -0.3 is 15.0 Å². The van der Waals surface area contributed by atoms with E-state index >= 15 is 0 Å². The summed E-state index contributed by atoms with van der Waals surface area (Å²) in [4.78, 5) is 40.3. The molecule has 3 rings (SSSR count). The summed E-state index contributed by atoms with van der Waals surface area (Å²) < 4.78 is 31.6. The van der Waals surface area contributed by atoms with Gasteiger partial charge in [-0.1, -0.05) is 38.1 Å². The topological polar surface area (TPSA) is 113 Å². The van der Waals surface area contributed by atoms with Gasteiger partial charge in [-0.2, -0.15) is 0 Å². The molecule has 1 heterocycles. The first-order chi connectivity index (χ1) is 16.7. The highest BCUT2D eigenvalue weighted by Crippen LogP contribution is 2.30. The minimum Gasteiger partial charge on any atom is -0.497 e. The number of fused-ring (bicyclic) bond motifs is 1. The van der Waals surface area contributed by atoms with Gasteiger partial charge >= 0.3 is 0 Å². The summed E-state index contributed by atoms with van der Waals surface area (Å²) in [6.07, 6.45) is 0.889. The van der Waals surface area contributed by atoms with Crippen molar-refractivity contribution in [3.63, 3.8) is 0 Å². The van der Waals surface area contributed by atoms with Crippen molar-refractivity contribution < 1.29 is 27.5 Å². The molecule has 0 unspecified atom stereocenters. The monoisotopic (exact) mass is 501 g/mol. The van der Waals surface area contributed by atoms with Crippen LogP contribution in [-0.2, 0) is 26.2 Å². The van der Waals surface area contributed by atoms with E-state index in [-0.39, 0.29) is 35.9 Å². The quantitative estimate of drug-likeness (QED) is 0.506. The summed E-state index contributed by atoms with van der Waals surface area (Å²) in [6.45, 7) is 4.09. The average Bonchev–Trinajstić information content (AvgIpc) is 3.06. The van der Waals surface area contributed by atoms with Crippen LogP contribution in [0.25, 0.3) is 0 Å². The highest BCUT2D eigenvalue weighted by molar-refractivity contribution is 7.90. The molecule has 0 aliphatic carbocycles. The second-order valence-corrected chi connectivity index (χ2v) is 10.0. The number of hydrogen-bond donors (Lipinski definition) is 1. The standard InChI is InChI=1S/C25H31N3O6S/c1-4-15-26-24(30)21(5-2)27(17-18-10-12-19(34-3)13-11-18)23(29)14-16-28-25(31)20-8-6-7-9-22(20)35(28,32)33/h6-13,21H,4-5,14-17H2,1-3H3,(H,26,30)/t21-/m1/s1. The number of benzene rings is 2. The van der Waals surface area contributed by atoms with Crippen molar-refractivity contribution in [2.75, 3.05) is 20.2 Å². The Balaban J connectivity index is 1.81. The molecule has 1 aliphatic heterocycles. The van der Waals surface area contributed by atoms with Gasteiger partial charge in [0.2, 0.25) is 11.8 Å². The average molecular weight is 502 g/mol. The van der Waals surface area contributed by atoms with Gasteiger partial charge in [0.15, 0.2) is 0 Å². The van der Waals surface area contributed by atoms with Gasteiger partial charge in [-0.25, -0.2) is 12.7 Å². The van der Waals surface area contributed by atoms with Gasteiger partial charge in [0.1, 0.15) is 16.7 Å². The first-order valence-corrected chi connectivity index (χ1v) is 13.0. The van der Waals surface area contributed by atoms with Gasteiger partial charge in [0.25, 0.3) is 15.9 Å². The molecular weight excluding hydrogens is 470 g/mol. The van der Waals surface area contributed by atoms with Crippen molar-refractivity contribution in [2.24, 2.45) is 0 Å². The number of amides is 3. The van der Waals surface area contributed by atoms with Gasteiger partial charge in [-0.15, -0.1) is 0 Å². The van der Waals surface area contributed by atoms with Gasteiger partial charge in [-0.05, 0) is 42.7 Å². The van der Waals surface area contributed by atoms with Crippen molar-refractivity contribution in [1.29, 1.82) is 0 Å². The van der Waals surface area contributed by atoms with Crippen LogP contribution >= 0.6 is 0 Å². The predicted octanol–water partition coefficient (Wildman–Crippen LogP) is 2.56. The zero-order valence-corrected chi connectivity index (χ0v) is 21.0. The first-order valence-electron chi connectivity index (χ1n) is 11.6. The van der Waals surface area contributed by atoms with E-state index in [1.54, 1.807) is 43.5 Å². The lowest BCUT2D eigenvalue weighted by molar-refractivity contribution is -0.141. The van der Waals surface area contributed by atoms with Crippen LogP contribution in [0.15, 0.2) is 53.4 Å². The number of carbonyl (C=O) groups excluding carboxylic acids is 3. The Morgan fingerprint density at radius 1 is 1.09 bits per heavy atom. The molecular formula is C25H31N3O6S. The van der Waals surface area contributed by atoms with Crippen LogP contribution in [0.5, 0.6) is 5.75 Å². The molecule has 10 heteroatoms. The van der Waals surface area contributed by atoms with E-state index < -0.39 is 27.9 Å². The molecule has 0 spiro atoms. The summed E-state index contributed by atoms with van der Waals surface area (Å²) in [7, 11) is -2.46. The third-order valence-electron chi connectivity index (χ3n) is 5.89. The molecule has 1 aliphatic rings. The molecule has 0 saturated heterocycles. The number of nitrogens with one attached hydrogen (secondary N) is 1. The fourth-order valence-corrected chi connectivity index (χ4v) is 5.58. The number of nitrogens with zero attached hydrogens (tertiary/aromatic N) is 2. The Labute approximate surface area is 206 Å². The van der Waals surface area contributed by atoms with Gasteiger partial charge in [0, 0.05) is 26.1 Å². The van der Waals surface area contributed by atoms with Crippen LogP contribution in [0.4, 0.5) is 0 Å². The molecule has 0 fully saturated rings. The Morgan fingerprint density at radius 2 is 1.77 bits per heavy atom. The minimum absolute atomic E-state index is 0.0575. The molecule has 0 aromatic heterocycles. The summed E-state index contributed by atoms with van der Waals surface area (Å²) >= 11 is 0. The second kappa shape index (κ2) is 11.4. The number of methoxy groups -OCH3 is 1. The lowest BCUT2D eigenvalue weighted by Crippen LogP contribution is -2.49. The zero-order chi connectivity index (χ0) is 25.6. The number of hydrogen-bond acceptors (Lipinski definition) is 6. The molecule has 0 radical (unpaired) electrons.